The Bertz CT molecular complexity index is 1070. The molecule has 3 rings (SSSR count). The molecule has 0 aliphatic rings. The number of para-hydroxylation sites is 3. The summed E-state index contributed by atoms with van der Waals surface area (Å²) in [6.45, 7) is 12.8. The summed E-state index contributed by atoms with van der Waals surface area (Å²) >= 11 is 0. The second-order valence-electron chi connectivity index (χ2n) is 9.55. The van der Waals surface area contributed by atoms with Gasteiger partial charge in [0.15, 0.2) is 0 Å². The molecule has 0 saturated heterocycles. The average molecular weight is 463 g/mol. The van der Waals surface area contributed by atoms with Crippen LogP contribution in [0.5, 0.6) is 5.75 Å². The van der Waals surface area contributed by atoms with Gasteiger partial charge in [0.25, 0.3) is 5.91 Å². The molecule has 0 fully saturated rings. The van der Waals surface area contributed by atoms with Crippen LogP contribution in [0.25, 0.3) is 10.9 Å². The first-order valence-corrected chi connectivity index (χ1v) is 12.2. The molecule has 0 radical (unpaired) electrons. The number of nitrogens with one attached hydrogen (secondary N) is 2. The molecule has 0 aliphatic carbocycles. The molecule has 1 aromatic heterocycles. The number of aromatic nitrogens is 1. The van der Waals surface area contributed by atoms with E-state index in [2.05, 4.69) is 43.2 Å². The second kappa shape index (κ2) is 12.4. The van der Waals surface area contributed by atoms with Gasteiger partial charge in [0.2, 0.25) is 0 Å². The fourth-order valence-electron chi connectivity index (χ4n) is 4.20. The van der Waals surface area contributed by atoms with Gasteiger partial charge < -0.3 is 20.3 Å². The Hall–Kier alpha value is -3.12. The van der Waals surface area contributed by atoms with E-state index in [0.717, 1.165) is 48.4 Å². The van der Waals surface area contributed by atoms with Crippen LogP contribution < -0.4 is 15.4 Å². The standard InChI is InChI=1S/C28H38N4O2/c1-20(2)18-32(19-21(3)4)16-10-15-29-28(33)23-17-27(30-24-12-7-6-11-22(23)24)31-25-13-8-9-14-26(25)34-5/h6-9,11-14,17,20-21H,10,15-16,18-19H2,1-5H3,(H,29,33)(H,30,31). The smallest absolute Gasteiger partial charge is 0.252 e. The Morgan fingerprint density at radius 3 is 2.38 bits per heavy atom. The van der Waals surface area contributed by atoms with Crippen LogP contribution in [0, 0.1) is 11.8 Å². The monoisotopic (exact) mass is 462 g/mol. The van der Waals surface area contributed by atoms with Gasteiger partial charge in [0.1, 0.15) is 11.6 Å². The highest BCUT2D eigenvalue weighted by Gasteiger charge is 2.15. The molecular weight excluding hydrogens is 424 g/mol. The van der Waals surface area contributed by atoms with Crippen LogP contribution in [0.4, 0.5) is 11.5 Å². The number of carbonyl (C=O) groups is 1. The maximum Gasteiger partial charge on any atom is 0.252 e. The summed E-state index contributed by atoms with van der Waals surface area (Å²) in [5.74, 6) is 2.50. The van der Waals surface area contributed by atoms with Crippen molar-refractivity contribution in [2.24, 2.45) is 11.8 Å². The number of ether oxygens (including phenoxy) is 1. The Labute approximate surface area is 203 Å². The molecule has 34 heavy (non-hydrogen) atoms. The topological polar surface area (TPSA) is 66.5 Å². The third-order valence-corrected chi connectivity index (χ3v) is 5.51. The molecule has 182 valence electrons. The van der Waals surface area contributed by atoms with Crippen molar-refractivity contribution in [3.8, 4) is 5.75 Å². The number of benzene rings is 2. The number of nitrogens with zero attached hydrogens (tertiary/aromatic N) is 2. The number of pyridine rings is 1. The SMILES string of the molecule is COc1ccccc1Nc1cc(C(=O)NCCCN(CC(C)C)CC(C)C)c2ccccc2n1. The van der Waals surface area contributed by atoms with Crippen molar-refractivity contribution in [1.82, 2.24) is 15.2 Å². The van der Waals surface area contributed by atoms with Gasteiger partial charge in [-0.1, -0.05) is 58.0 Å². The fraction of sp³-hybridized carbons (Fsp3) is 0.429. The molecule has 1 amide bonds. The molecule has 0 aliphatic heterocycles. The number of methoxy groups -OCH3 is 1. The average Bonchev–Trinajstić information content (AvgIpc) is 2.80. The highest BCUT2D eigenvalue weighted by atomic mass is 16.5. The summed E-state index contributed by atoms with van der Waals surface area (Å²) in [4.78, 5) is 20.4. The van der Waals surface area contributed by atoms with Crippen molar-refractivity contribution in [3.63, 3.8) is 0 Å². The van der Waals surface area contributed by atoms with Gasteiger partial charge in [-0.2, -0.15) is 0 Å². The van der Waals surface area contributed by atoms with Crippen molar-refractivity contribution in [3.05, 3.63) is 60.2 Å². The summed E-state index contributed by atoms with van der Waals surface area (Å²) in [5.41, 5.74) is 2.19. The molecule has 0 unspecified atom stereocenters. The van der Waals surface area contributed by atoms with Crippen molar-refractivity contribution in [1.29, 1.82) is 0 Å². The van der Waals surface area contributed by atoms with Crippen molar-refractivity contribution >= 4 is 28.3 Å². The van der Waals surface area contributed by atoms with Crippen LogP contribution >= 0.6 is 0 Å². The Balaban J connectivity index is 1.72. The molecule has 6 nitrogen and oxygen atoms in total. The molecule has 6 heteroatoms. The first kappa shape index (κ1) is 25.5. The quantitative estimate of drug-likeness (QED) is 0.337. The lowest BCUT2D eigenvalue weighted by Gasteiger charge is -2.26. The summed E-state index contributed by atoms with van der Waals surface area (Å²) in [5, 5.41) is 7.27. The van der Waals surface area contributed by atoms with Crippen LogP contribution in [0.15, 0.2) is 54.6 Å². The van der Waals surface area contributed by atoms with Gasteiger partial charge in [-0.25, -0.2) is 4.98 Å². The minimum atomic E-state index is -0.0825. The van der Waals surface area contributed by atoms with Gasteiger partial charge in [0, 0.05) is 25.0 Å². The molecule has 0 saturated carbocycles. The van der Waals surface area contributed by atoms with Gasteiger partial charge in [-0.15, -0.1) is 0 Å². The number of fused-ring (bicyclic) bond motifs is 1. The third kappa shape index (κ3) is 7.19. The summed E-state index contributed by atoms with van der Waals surface area (Å²) < 4.78 is 5.44. The number of hydrogen-bond donors (Lipinski definition) is 2. The molecule has 2 aromatic carbocycles. The van der Waals surface area contributed by atoms with Crippen LogP contribution in [-0.2, 0) is 0 Å². The zero-order valence-corrected chi connectivity index (χ0v) is 21.1. The van der Waals surface area contributed by atoms with Gasteiger partial charge in [-0.05, 0) is 49.1 Å². The molecule has 0 bridgehead atoms. The Kier molecular flexibility index (Phi) is 9.28. The number of anilines is 2. The van der Waals surface area contributed by atoms with E-state index in [1.807, 2.05) is 54.6 Å². The molecule has 1 heterocycles. The predicted octanol–water partition coefficient (Wildman–Crippen LogP) is 5.72. The van der Waals surface area contributed by atoms with E-state index in [1.54, 1.807) is 7.11 Å². The summed E-state index contributed by atoms with van der Waals surface area (Å²) in [7, 11) is 1.64. The molecule has 3 aromatic rings. The van der Waals surface area contributed by atoms with Crippen molar-refractivity contribution in [2.75, 3.05) is 38.6 Å². The van der Waals surface area contributed by atoms with E-state index in [4.69, 9.17) is 9.72 Å². The first-order valence-electron chi connectivity index (χ1n) is 12.2. The Morgan fingerprint density at radius 1 is 1.00 bits per heavy atom. The highest BCUT2D eigenvalue weighted by molar-refractivity contribution is 6.07. The first-order chi connectivity index (χ1) is 16.4. The number of rotatable bonds is 12. The minimum absolute atomic E-state index is 0.0825. The molecular formula is C28H38N4O2. The minimum Gasteiger partial charge on any atom is -0.495 e. The van der Waals surface area contributed by atoms with Crippen LogP contribution in [0.2, 0.25) is 0 Å². The lowest BCUT2D eigenvalue weighted by molar-refractivity contribution is 0.0952. The van der Waals surface area contributed by atoms with Gasteiger partial charge in [-0.3, -0.25) is 4.79 Å². The number of carbonyl (C=O) groups excluding carboxylic acids is 1. The second-order valence-corrected chi connectivity index (χ2v) is 9.55. The fourth-order valence-corrected chi connectivity index (χ4v) is 4.20. The van der Waals surface area contributed by atoms with E-state index >= 15 is 0 Å². The lowest BCUT2D eigenvalue weighted by atomic mass is 10.1. The highest BCUT2D eigenvalue weighted by Crippen LogP contribution is 2.28. The van der Waals surface area contributed by atoms with E-state index in [1.165, 1.54) is 0 Å². The number of hydrogen-bond acceptors (Lipinski definition) is 5. The summed E-state index contributed by atoms with van der Waals surface area (Å²) in [6.07, 6.45) is 0.917. The van der Waals surface area contributed by atoms with E-state index in [-0.39, 0.29) is 5.91 Å². The van der Waals surface area contributed by atoms with Gasteiger partial charge in [0.05, 0.1) is 23.9 Å². The maximum atomic E-state index is 13.2. The number of amides is 1. The maximum absolute atomic E-state index is 13.2. The molecule has 0 atom stereocenters. The molecule has 2 N–H and O–H groups in total. The van der Waals surface area contributed by atoms with Crippen LogP contribution in [-0.4, -0.2) is 49.1 Å². The third-order valence-electron chi connectivity index (χ3n) is 5.51. The zero-order valence-electron chi connectivity index (χ0n) is 21.1. The normalized spacial score (nSPS) is 11.4. The van der Waals surface area contributed by atoms with Crippen LogP contribution in [0.1, 0.15) is 44.5 Å². The van der Waals surface area contributed by atoms with E-state index in [9.17, 15) is 4.79 Å². The van der Waals surface area contributed by atoms with Crippen molar-refractivity contribution in [2.45, 2.75) is 34.1 Å². The lowest BCUT2D eigenvalue weighted by Crippen LogP contribution is -2.34. The largest absolute Gasteiger partial charge is 0.495 e. The van der Waals surface area contributed by atoms with E-state index < -0.39 is 0 Å². The van der Waals surface area contributed by atoms with Gasteiger partial charge >= 0.3 is 0 Å². The summed E-state index contributed by atoms with van der Waals surface area (Å²) in [6, 6.07) is 17.2. The molecule has 0 spiro atoms. The predicted molar refractivity (Wildman–Crippen MR) is 141 cm³/mol. The van der Waals surface area contributed by atoms with E-state index in [0.29, 0.717) is 29.8 Å². The zero-order chi connectivity index (χ0) is 24.5. The van der Waals surface area contributed by atoms with Crippen LogP contribution in [0.3, 0.4) is 0 Å². The Morgan fingerprint density at radius 2 is 1.68 bits per heavy atom. The van der Waals surface area contributed by atoms with Crippen molar-refractivity contribution < 1.29 is 9.53 Å².